The summed E-state index contributed by atoms with van der Waals surface area (Å²) in [7, 11) is 0. The molecule has 21 heavy (non-hydrogen) atoms. The van der Waals surface area contributed by atoms with Crippen LogP contribution in [0.25, 0.3) is 0 Å². The Labute approximate surface area is 120 Å². The zero-order chi connectivity index (χ0) is 16.0. The number of rotatable bonds is 7. The molecule has 0 aromatic heterocycles. The molecule has 7 N–H and O–H groups in total. The Kier molecular flexibility index (Phi) is 6.18. The molecule has 0 fully saturated rings. The number of hydrogen-bond acceptors (Lipinski definition) is 7. The lowest BCUT2D eigenvalue weighted by molar-refractivity contribution is -0.384. The Balaban J connectivity index is 2.59. The lowest BCUT2D eigenvalue weighted by Gasteiger charge is -2.20. The van der Waals surface area contributed by atoms with E-state index < -0.39 is 29.1 Å². The van der Waals surface area contributed by atoms with Crippen LogP contribution in [0.5, 0.6) is 0 Å². The van der Waals surface area contributed by atoms with Crippen molar-refractivity contribution < 1.29 is 19.9 Å². The van der Waals surface area contributed by atoms with Gasteiger partial charge >= 0.3 is 0 Å². The van der Waals surface area contributed by atoms with Crippen molar-refractivity contribution in [3.05, 3.63) is 39.9 Å². The Morgan fingerprint density at radius 2 is 1.90 bits per heavy atom. The van der Waals surface area contributed by atoms with Gasteiger partial charge in [-0.2, -0.15) is 0 Å². The van der Waals surface area contributed by atoms with Crippen LogP contribution >= 0.6 is 0 Å². The lowest BCUT2D eigenvalue weighted by atomic mass is 10.0. The van der Waals surface area contributed by atoms with E-state index in [1.165, 1.54) is 24.3 Å². The molecule has 1 aromatic carbocycles. The molecule has 0 heterocycles. The minimum absolute atomic E-state index is 0.0753. The van der Waals surface area contributed by atoms with Crippen molar-refractivity contribution in [3.63, 3.8) is 0 Å². The predicted molar refractivity (Wildman–Crippen MR) is 74.1 cm³/mol. The van der Waals surface area contributed by atoms with E-state index in [4.69, 9.17) is 11.5 Å². The molecule has 0 saturated heterocycles. The molecule has 0 aliphatic heterocycles. The molecule has 0 saturated carbocycles. The summed E-state index contributed by atoms with van der Waals surface area (Å²) in [4.78, 5) is 21.3. The predicted octanol–water partition coefficient (Wildman–Crippen LogP) is -1.61. The van der Waals surface area contributed by atoms with Crippen molar-refractivity contribution in [2.75, 3.05) is 13.1 Å². The standard InChI is InChI=1S/C12H18N4O5/c13-5-10(17)12(19)15-6-9(14)11(18)7-1-3-8(4-2-7)16(20)21/h1-4,9-11,17-18H,5-6,13-14H2,(H,15,19)/t9-,10-,11-/m0/s1. The normalized spacial score (nSPS) is 15.0. The first-order chi connectivity index (χ1) is 9.86. The number of nitrogens with two attached hydrogens (primary N) is 2. The van der Waals surface area contributed by atoms with E-state index in [-0.39, 0.29) is 18.8 Å². The van der Waals surface area contributed by atoms with Crippen LogP contribution in [-0.4, -0.2) is 46.3 Å². The number of aliphatic hydroxyl groups is 2. The number of aliphatic hydroxyl groups excluding tert-OH is 2. The average Bonchev–Trinajstić information content (AvgIpc) is 2.50. The average molecular weight is 298 g/mol. The van der Waals surface area contributed by atoms with Gasteiger partial charge in [0, 0.05) is 25.2 Å². The summed E-state index contributed by atoms with van der Waals surface area (Å²) in [6.07, 6.45) is -2.44. The van der Waals surface area contributed by atoms with Gasteiger partial charge < -0.3 is 27.0 Å². The Bertz CT molecular complexity index is 493. The smallest absolute Gasteiger partial charge is 0.269 e. The highest BCUT2D eigenvalue weighted by Gasteiger charge is 2.20. The summed E-state index contributed by atoms with van der Waals surface area (Å²) in [5, 5.41) is 32.0. The second-order valence-electron chi connectivity index (χ2n) is 4.45. The largest absolute Gasteiger partial charge is 0.387 e. The maximum atomic E-state index is 11.3. The van der Waals surface area contributed by atoms with Gasteiger partial charge in [-0.1, -0.05) is 0 Å². The highest BCUT2D eigenvalue weighted by Crippen LogP contribution is 2.19. The van der Waals surface area contributed by atoms with Crippen molar-refractivity contribution in [3.8, 4) is 0 Å². The minimum atomic E-state index is -1.33. The number of carbonyl (C=O) groups is 1. The molecule has 116 valence electrons. The molecule has 3 atom stereocenters. The maximum absolute atomic E-state index is 11.3. The van der Waals surface area contributed by atoms with Gasteiger partial charge in [0.25, 0.3) is 5.69 Å². The highest BCUT2D eigenvalue weighted by atomic mass is 16.6. The molecule has 1 aromatic rings. The van der Waals surface area contributed by atoms with Crippen molar-refractivity contribution in [1.82, 2.24) is 5.32 Å². The van der Waals surface area contributed by atoms with Gasteiger partial charge in [-0.3, -0.25) is 14.9 Å². The van der Waals surface area contributed by atoms with E-state index in [0.29, 0.717) is 5.56 Å². The Hall–Kier alpha value is -2.07. The molecule has 0 bridgehead atoms. The van der Waals surface area contributed by atoms with Crippen LogP contribution in [0.15, 0.2) is 24.3 Å². The van der Waals surface area contributed by atoms with Crippen molar-refractivity contribution >= 4 is 11.6 Å². The van der Waals surface area contributed by atoms with Crippen LogP contribution in [0.2, 0.25) is 0 Å². The number of hydrogen-bond donors (Lipinski definition) is 5. The molecule has 9 nitrogen and oxygen atoms in total. The van der Waals surface area contributed by atoms with E-state index >= 15 is 0 Å². The second-order valence-corrected chi connectivity index (χ2v) is 4.45. The van der Waals surface area contributed by atoms with Crippen LogP contribution < -0.4 is 16.8 Å². The molecule has 9 heteroatoms. The van der Waals surface area contributed by atoms with Crippen LogP contribution in [0.3, 0.4) is 0 Å². The van der Waals surface area contributed by atoms with Gasteiger partial charge in [-0.15, -0.1) is 0 Å². The van der Waals surface area contributed by atoms with Crippen LogP contribution in [0, 0.1) is 10.1 Å². The molecule has 1 rings (SSSR count). The Morgan fingerprint density at radius 1 is 1.33 bits per heavy atom. The summed E-state index contributed by atoms with van der Waals surface area (Å²) < 4.78 is 0. The zero-order valence-corrected chi connectivity index (χ0v) is 11.2. The quantitative estimate of drug-likeness (QED) is 0.298. The van der Waals surface area contributed by atoms with Gasteiger partial charge in [0.1, 0.15) is 6.10 Å². The first kappa shape index (κ1) is 17.0. The monoisotopic (exact) mass is 298 g/mol. The first-order valence-corrected chi connectivity index (χ1v) is 6.20. The van der Waals surface area contributed by atoms with Gasteiger partial charge in [0.05, 0.1) is 17.1 Å². The second kappa shape index (κ2) is 7.64. The molecular formula is C12H18N4O5. The fourth-order valence-corrected chi connectivity index (χ4v) is 1.60. The number of nitrogens with zero attached hydrogens (tertiary/aromatic N) is 1. The van der Waals surface area contributed by atoms with E-state index in [1.54, 1.807) is 0 Å². The van der Waals surface area contributed by atoms with E-state index in [2.05, 4.69) is 5.32 Å². The zero-order valence-electron chi connectivity index (χ0n) is 11.2. The molecule has 0 aliphatic carbocycles. The highest BCUT2D eigenvalue weighted by molar-refractivity contribution is 5.80. The molecule has 0 spiro atoms. The summed E-state index contributed by atoms with van der Waals surface area (Å²) in [6, 6.07) is 4.45. The molecule has 0 aliphatic rings. The van der Waals surface area contributed by atoms with Gasteiger partial charge in [-0.05, 0) is 17.7 Å². The SMILES string of the molecule is NC[C@H](O)C(=O)NC[C@H](N)[C@@H](O)c1ccc([N+](=O)[O-])cc1. The third kappa shape index (κ3) is 4.76. The van der Waals surface area contributed by atoms with Crippen molar-refractivity contribution in [2.45, 2.75) is 18.2 Å². The number of non-ortho nitro benzene ring substituents is 1. The first-order valence-electron chi connectivity index (χ1n) is 6.20. The summed E-state index contributed by atoms with van der Waals surface area (Å²) in [6.45, 7) is -0.292. The van der Waals surface area contributed by atoms with Gasteiger partial charge in [0.15, 0.2) is 0 Å². The number of carbonyl (C=O) groups excluding carboxylic acids is 1. The van der Waals surface area contributed by atoms with Crippen LogP contribution in [0.1, 0.15) is 11.7 Å². The molecule has 1 amide bonds. The minimum Gasteiger partial charge on any atom is -0.387 e. The number of amides is 1. The maximum Gasteiger partial charge on any atom is 0.269 e. The van der Waals surface area contributed by atoms with Crippen LogP contribution in [-0.2, 0) is 4.79 Å². The summed E-state index contributed by atoms with van der Waals surface area (Å²) in [5.74, 6) is -0.677. The van der Waals surface area contributed by atoms with E-state index in [1.807, 2.05) is 0 Å². The molecule has 0 unspecified atom stereocenters. The van der Waals surface area contributed by atoms with Gasteiger partial charge in [0.2, 0.25) is 5.91 Å². The van der Waals surface area contributed by atoms with Crippen molar-refractivity contribution in [2.24, 2.45) is 11.5 Å². The number of nitro benzene ring substituents is 1. The third-order valence-corrected chi connectivity index (χ3v) is 2.89. The third-order valence-electron chi connectivity index (χ3n) is 2.89. The van der Waals surface area contributed by atoms with E-state index in [9.17, 15) is 25.1 Å². The molecule has 0 radical (unpaired) electrons. The fourth-order valence-electron chi connectivity index (χ4n) is 1.60. The Morgan fingerprint density at radius 3 is 2.38 bits per heavy atom. The summed E-state index contributed by atoms with van der Waals surface area (Å²) >= 11 is 0. The molecular weight excluding hydrogens is 280 g/mol. The van der Waals surface area contributed by atoms with Crippen molar-refractivity contribution in [1.29, 1.82) is 0 Å². The van der Waals surface area contributed by atoms with Gasteiger partial charge in [-0.25, -0.2) is 0 Å². The number of nitro groups is 1. The summed E-state index contributed by atoms with van der Waals surface area (Å²) in [5.41, 5.74) is 11.1. The number of nitrogens with one attached hydrogen (secondary N) is 1. The fraction of sp³-hybridized carbons (Fsp3) is 0.417. The van der Waals surface area contributed by atoms with Crippen LogP contribution in [0.4, 0.5) is 5.69 Å². The lowest BCUT2D eigenvalue weighted by Crippen LogP contribution is -2.46. The number of benzene rings is 1. The van der Waals surface area contributed by atoms with E-state index in [0.717, 1.165) is 0 Å². The topological polar surface area (TPSA) is 165 Å².